The van der Waals surface area contributed by atoms with Crippen molar-refractivity contribution in [3.8, 4) is 0 Å². The highest BCUT2D eigenvalue weighted by atomic mass is 31.2. The average Bonchev–Trinajstić information content (AvgIpc) is 3.14. The monoisotopic (exact) mass is 1270 g/mol. The number of hydrogen-bond donors (Lipinski definition) is 20. The van der Waals surface area contributed by atoms with Crippen molar-refractivity contribution in [1.82, 2.24) is 42.5 Å². The van der Waals surface area contributed by atoms with Crippen molar-refractivity contribution in [2.24, 2.45) is 77.5 Å². The van der Waals surface area contributed by atoms with Gasteiger partial charge in [-0.2, -0.15) is 0 Å². The molecule has 0 unspecified atom stereocenters. The Morgan fingerprint density at radius 2 is 0.865 bits per heavy atom. The summed E-state index contributed by atoms with van der Waals surface area (Å²) in [5.41, 5.74) is 50.9. The van der Waals surface area contributed by atoms with Crippen LogP contribution in [0.1, 0.15) is 82.8 Å². The molecule has 0 saturated carbocycles. The Morgan fingerprint density at radius 1 is 0.494 bits per heavy atom. The molecular formula is C53H88N21O14P. The molecule has 0 fully saturated rings. The number of carbonyl (C=O) groups is 9. The number of nitrogens with one attached hydrogen (secondary N) is 8. The molecule has 0 aliphatic carbocycles. The Labute approximate surface area is 514 Å². The Hall–Kier alpha value is -9.18. The third-order valence-corrected chi connectivity index (χ3v) is 13.6. The van der Waals surface area contributed by atoms with E-state index in [4.69, 9.17) is 51.6 Å². The second-order valence-corrected chi connectivity index (χ2v) is 21.7. The van der Waals surface area contributed by atoms with Gasteiger partial charge < -0.3 is 109 Å². The van der Waals surface area contributed by atoms with E-state index < -0.39 is 128 Å². The fourth-order valence-corrected chi connectivity index (χ4v) is 8.62. The lowest BCUT2D eigenvalue weighted by molar-refractivity contribution is -0.142. The Bertz CT molecular complexity index is 2800. The van der Waals surface area contributed by atoms with Gasteiger partial charge in [0, 0.05) is 39.0 Å². The molecule has 29 N–H and O–H groups in total. The molecule has 2 aromatic rings. The first kappa shape index (κ1) is 75.9. The minimum atomic E-state index is -5.36. The molecule has 0 aliphatic heterocycles. The first-order valence-electron chi connectivity index (χ1n) is 28.4. The predicted octanol–water partition coefficient (Wildman–Crippen LogP) is -6.24. The van der Waals surface area contributed by atoms with Crippen molar-refractivity contribution in [1.29, 1.82) is 0 Å². The first-order valence-corrected chi connectivity index (χ1v) is 29.9. The summed E-state index contributed by atoms with van der Waals surface area (Å²) in [6.07, 6.45) is 0.354. The van der Waals surface area contributed by atoms with Gasteiger partial charge in [0.05, 0.1) is 19.2 Å². The van der Waals surface area contributed by atoms with Crippen LogP contribution in [-0.2, 0) is 65.1 Å². The molecule has 494 valence electrons. The van der Waals surface area contributed by atoms with Crippen LogP contribution in [0.15, 0.2) is 80.6 Å². The summed E-state index contributed by atoms with van der Waals surface area (Å²) in [7, 11) is -5.36. The van der Waals surface area contributed by atoms with Gasteiger partial charge in [0.1, 0.15) is 42.3 Å². The van der Waals surface area contributed by atoms with Crippen molar-refractivity contribution in [3.05, 3.63) is 71.8 Å². The Kier molecular flexibility index (Phi) is 34.4. The van der Waals surface area contributed by atoms with Crippen LogP contribution in [0.4, 0.5) is 0 Å². The molecular weight excluding hydrogens is 1190 g/mol. The van der Waals surface area contributed by atoms with Crippen LogP contribution in [0.2, 0.25) is 0 Å². The molecule has 0 radical (unpaired) electrons. The topological polar surface area (TPSA) is 620 Å². The van der Waals surface area contributed by atoms with E-state index in [0.29, 0.717) is 17.5 Å². The lowest BCUT2D eigenvalue weighted by Crippen LogP contribution is -2.61. The van der Waals surface area contributed by atoms with Crippen LogP contribution in [0.3, 0.4) is 0 Å². The average molecular weight is 1270 g/mol. The fourth-order valence-electron chi connectivity index (χ4n) is 8.28. The number of carboxylic acid groups (broad SMARTS) is 1. The van der Waals surface area contributed by atoms with Crippen LogP contribution in [0.5, 0.6) is 0 Å². The number of nitrogens with two attached hydrogens (primary N) is 9. The Balaban J connectivity index is 2.45. The standard InChI is InChI=1S/C53H88N21O14P/c1-3-30(2)41(48(82)71-36(21-13-25-66-53(61)62)44(78)70-35(20-12-24-65-52(59)60)46(80)73-38(49(83)84)27-32-16-8-5-9-17-32)74-47(81)39(29-88-89(85,86)87)68-40(75)28-67-43(77)37(26-31-14-6-4-7-15-31)72-45(79)34(19-11-23-64-51(57)58)69-42(76)33(54)18-10-22-63-50(55)56/h4-9,14-17,30,33-39,41H,3,10-13,18-29,54H2,1-2H3,(H,67,77)(H,68,75)(H,69,76)(H,70,78)(H,71,82)(H,72,79)(H,73,80)(H,74,81)(H,83,84)(H4,55,56,63)(H4,57,58,64)(H4,59,60,65)(H4,61,62,66)(H2,85,86,87)/t30-,33-,34-,35-,36-,37-,38-,39-,41-/m0/s1. The van der Waals surface area contributed by atoms with Gasteiger partial charge in [-0.1, -0.05) is 80.9 Å². The van der Waals surface area contributed by atoms with E-state index >= 15 is 0 Å². The lowest BCUT2D eigenvalue weighted by atomic mass is 9.97. The number of amides is 8. The molecule has 2 rings (SSSR count). The van der Waals surface area contributed by atoms with Crippen LogP contribution in [0.25, 0.3) is 0 Å². The molecule has 0 spiro atoms. The summed E-state index contributed by atoms with van der Waals surface area (Å²) in [6.45, 7) is 1.29. The number of carboxylic acids is 1. The third kappa shape index (κ3) is 32.4. The van der Waals surface area contributed by atoms with E-state index in [2.05, 4.69) is 67.0 Å². The molecule has 8 amide bonds. The van der Waals surface area contributed by atoms with Crippen LogP contribution >= 0.6 is 7.82 Å². The summed E-state index contributed by atoms with van der Waals surface area (Å²) < 4.78 is 16.6. The maximum atomic E-state index is 14.4. The third-order valence-electron chi connectivity index (χ3n) is 13.1. The molecule has 0 saturated heterocycles. The number of benzene rings is 2. The number of phosphoric acid groups is 1. The van der Waals surface area contributed by atoms with Gasteiger partial charge in [0.2, 0.25) is 47.3 Å². The van der Waals surface area contributed by atoms with Crippen molar-refractivity contribution in [2.75, 3.05) is 39.3 Å². The molecule has 35 nitrogen and oxygen atoms in total. The number of carbonyl (C=O) groups excluding carboxylic acids is 8. The quantitative estimate of drug-likeness (QED) is 0.0127. The van der Waals surface area contributed by atoms with Gasteiger partial charge in [0.15, 0.2) is 23.8 Å². The highest BCUT2D eigenvalue weighted by Crippen LogP contribution is 2.35. The molecule has 2 aromatic carbocycles. The van der Waals surface area contributed by atoms with Gasteiger partial charge >= 0.3 is 13.8 Å². The van der Waals surface area contributed by atoms with Crippen molar-refractivity contribution in [3.63, 3.8) is 0 Å². The van der Waals surface area contributed by atoms with E-state index in [-0.39, 0.29) is 114 Å². The number of nitrogens with zero attached hydrogens (tertiary/aromatic N) is 4. The smallest absolute Gasteiger partial charge is 0.469 e. The highest BCUT2D eigenvalue weighted by Gasteiger charge is 2.36. The van der Waals surface area contributed by atoms with E-state index in [1.807, 2.05) is 0 Å². The van der Waals surface area contributed by atoms with Crippen LogP contribution in [-0.4, -0.2) is 180 Å². The number of rotatable bonds is 42. The fraction of sp³-hybridized carbons (Fsp3) is 0.528. The molecule has 0 aliphatic rings. The maximum absolute atomic E-state index is 14.4. The Morgan fingerprint density at radius 3 is 1.27 bits per heavy atom. The molecule has 89 heavy (non-hydrogen) atoms. The van der Waals surface area contributed by atoms with E-state index in [0.717, 1.165) is 0 Å². The van der Waals surface area contributed by atoms with Crippen LogP contribution < -0.4 is 94.1 Å². The number of phosphoric ester groups is 1. The largest absolute Gasteiger partial charge is 0.480 e. The summed E-state index contributed by atoms with van der Waals surface area (Å²) in [5, 5.41) is 29.9. The SMILES string of the molecule is CC[C@H](C)[C@H](NC(=O)[C@H](COP(=O)(O)O)NC(=O)CNC(=O)[C@H](Cc1ccccc1)NC(=O)[C@H](CCCN=C(N)N)NC(=O)[C@@H](N)CCCN=C(N)N)C(=O)N[C@@H](CCCN=C(N)N)C(=O)N[C@@H](CCCN=C(N)N)C(=O)N[C@@H](Cc1ccccc1)C(=O)O. The normalized spacial score (nSPS) is 14.0. The van der Waals surface area contributed by atoms with E-state index in [9.17, 15) is 62.6 Å². The molecule has 9 atom stereocenters. The lowest BCUT2D eigenvalue weighted by Gasteiger charge is -2.29. The number of guanidine groups is 4. The van der Waals surface area contributed by atoms with Crippen molar-refractivity contribution in [2.45, 2.75) is 133 Å². The zero-order valence-electron chi connectivity index (χ0n) is 49.8. The van der Waals surface area contributed by atoms with Gasteiger partial charge in [-0.05, 0) is 68.4 Å². The van der Waals surface area contributed by atoms with Crippen molar-refractivity contribution < 1.29 is 67.1 Å². The number of hydrogen-bond acceptors (Lipinski definition) is 16. The molecule has 0 bridgehead atoms. The number of aliphatic imine (C=N–C) groups is 4. The van der Waals surface area contributed by atoms with Gasteiger partial charge in [-0.25, -0.2) is 9.36 Å². The number of aliphatic carboxylic acids is 1. The van der Waals surface area contributed by atoms with Gasteiger partial charge in [0.25, 0.3) is 0 Å². The second kappa shape index (κ2) is 40.3. The van der Waals surface area contributed by atoms with E-state index in [1.54, 1.807) is 74.5 Å². The zero-order chi connectivity index (χ0) is 66.6. The zero-order valence-corrected chi connectivity index (χ0v) is 50.6. The summed E-state index contributed by atoms with van der Waals surface area (Å²) >= 11 is 0. The van der Waals surface area contributed by atoms with Gasteiger partial charge in [-0.15, -0.1) is 0 Å². The predicted molar refractivity (Wildman–Crippen MR) is 330 cm³/mol. The van der Waals surface area contributed by atoms with E-state index in [1.165, 1.54) is 0 Å². The summed E-state index contributed by atoms with van der Waals surface area (Å²) in [4.78, 5) is 159. The van der Waals surface area contributed by atoms with Gasteiger partial charge in [-0.3, -0.25) is 62.8 Å². The molecule has 36 heteroatoms. The van der Waals surface area contributed by atoms with Crippen molar-refractivity contribution >= 4 is 84.9 Å². The maximum Gasteiger partial charge on any atom is 0.469 e. The summed E-state index contributed by atoms with van der Waals surface area (Å²) in [6, 6.07) is 5.04. The highest BCUT2D eigenvalue weighted by molar-refractivity contribution is 7.46. The van der Waals surface area contributed by atoms with Crippen LogP contribution in [0, 0.1) is 5.92 Å². The minimum Gasteiger partial charge on any atom is -0.480 e. The second-order valence-electron chi connectivity index (χ2n) is 20.4. The molecule has 0 heterocycles. The minimum absolute atomic E-state index is 0.00513. The molecule has 0 aromatic heterocycles. The first-order chi connectivity index (χ1) is 42.0. The summed E-state index contributed by atoms with van der Waals surface area (Å²) in [5.74, 6) is -10.7.